The lowest BCUT2D eigenvalue weighted by Gasteiger charge is -2.26. The molecule has 6 nitrogen and oxygen atoms in total. The molecular formula is C13H27N3O3. The van der Waals surface area contributed by atoms with E-state index in [0.717, 1.165) is 13.0 Å². The Morgan fingerprint density at radius 2 is 1.95 bits per heavy atom. The lowest BCUT2D eigenvalue weighted by atomic mass is 10.00. The van der Waals surface area contributed by atoms with Crippen LogP contribution in [0, 0.1) is 0 Å². The molecule has 0 radical (unpaired) electrons. The third-order valence-electron chi connectivity index (χ3n) is 3.66. The zero-order chi connectivity index (χ0) is 15.1. The molecule has 2 atom stereocenters. The molecule has 0 saturated heterocycles. The van der Waals surface area contributed by atoms with Gasteiger partial charge in [-0.2, -0.15) is 0 Å². The molecule has 2 unspecified atom stereocenters. The molecule has 0 heterocycles. The van der Waals surface area contributed by atoms with Crippen LogP contribution >= 0.6 is 0 Å². The fourth-order valence-corrected chi connectivity index (χ4v) is 1.47. The van der Waals surface area contributed by atoms with Crippen LogP contribution < -0.4 is 10.6 Å². The molecule has 0 aliphatic heterocycles. The van der Waals surface area contributed by atoms with Crippen molar-refractivity contribution >= 4 is 12.0 Å². The molecule has 0 aromatic carbocycles. The first-order valence-corrected chi connectivity index (χ1v) is 6.76. The predicted molar refractivity (Wildman–Crippen MR) is 75.2 cm³/mol. The van der Waals surface area contributed by atoms with Crippen LogP contribution in [-0.2, 0) is 4.79 Å². The monoisotopic (exact) mass is 273 g/mol. The summed E-state index contributed by atoms with van der Waals surface area (Å²) < 4.78 is 0. The van der Waals surface area contributed by atoms with Crippen LogP contribution in [0.25, 0.3) is 0 Å². The van der Waals surface area contributed by atoms with E-state index >= 15 is 0 Å². The van der Waals surface area contributed by atoms with Crippen LogP contribution in [0.2, 0.25) is 0 Å². The Morgan fingerprint density at radius 3 is 2.37 bits per heavy atom. The normalized spacial score (nSPS) is 15.7. The van der Waals surface area contributed by atoms with Crippen LogP contribution in [0.15, 0.2) is 0 Å². The molecule has 0 bridgehead atoms. The minimum Gasteiger partial charge on any atom is -0.480 e. The molecule has 3 N–H and O–H groups in total. The van der Waals surface area contributed by atoms with E-state index in [1.54, 1.807) is 6.92 Å². The fraction of sp³-hybridized carbons (Fsp3) is 0.846. The summed E-state index contributed by atoms with van der Waals surface area (Å²) in [5.41, 5.74) is -1.22. The number of carbonyl (C=O) groups excluding carboxylic acids is 1. The predicted octanol–water partition coefficient (Wildman–Crippen LogP) is 1.27. The number of carboxylic acids is 1. The Bertz CT molecular complexity index is 310. The summed E-state index contributed by atoms with van der Waals surface area (Å²) in [5.74, 6) is -1.03. The summed E-state index contributed by atoms with van der Waals surface area (Å²) in [6.45, 7) is 8.69. The van der Waals surface area contributed by atoms with Crippen molar-refractivity contribution in [3.63, 3.8) is 0 Å². The smallest absolute Gasteiger partial charge is 0.329 e. The maximum absolute atomic E-state index is 11.6. The topological polar surface area (TPSA) is 81.7 Å². The quantitative estimate of drug-likeness (QED) is 0.622. The van der Waals surface area contributed by atoms with E-state index in [1.165, 1.54) is 6.92 Å². The van der Waals surface area contributed by atoms with Gasteiger partial charge < -0.3 is 20.6 Å². The van der Waals surface area contributed by atoms with Gasteiger partial charge in [-0.25, -0.2) is 9.59 Å². The van der Waals surface area contributed by atoms with Gasteiger partial charge in [0.2, 0.25) is 0 Å². The lowest BCUT2D eigenvalue weighted by Crippen LogP contribution is -2.55. The zero-order valence-corrected chi connectivity index (χ0v) is 12.6. The fourth-order valence-electron chi connectivity index (χ4n) is 1.47. The average molecular weight is 273 g/mol. The lowest BCUT2D eigenvalue weighted by molar-refractivity contribution is -0.143. The van der Waals surface area contributed by atoms with Crippen molar-refractivity contribution in [3.05, 3.63) is 0 Å². The van der Waals surface area contributed by atoms with E-state index in [-0.39, 0.29) is 0 Å². The number of hydrogen-bond acceptors (Lipinski definition) is 3. The summed E-state index contributed by atoms with van der Waals surface area (Å²) >= 11 is 0. The number of amides is 2. The Labute approximate surface area is 115 Å². The highest BCUT2D eigenvalue weighted by atomic mass is 16.4. The first kappa shape index (κ1) is 17.7. The summed E-state index contributed by atoms with van der Waals surface area (Å²) in [5, 5.41) is 14.2. The molecule has 2 amide bonds. The Hall–Kier alpha value is -1.30. The van der Waals surface area contributed by atoms with Gasteiger partial charge in [-0.05, 0) is 33.7 Å². The van der Waals surface area contributed by atoms with Crippen molar-refractivity contribution in [3.8, 4) is 0 Å². The molecule has 112 valence electrons. The van der Waals surface area contributed by atoms with E-state index in [2.05, 4.69) is 29.4 Å². The van der Waals surface area contributed by atoms with Gasteiger partial charge in [-0.15, -0.1) is 0 Å². The molecule has 0 spiro atoms. The van der Waals surface area contributed by atoms with Crippen molar-refractivity contribution in [1.82, 2.24) is 15.5 Å². The number of likely N-dealkylation sites (N-methyl/N-ethyl adjacent to an activating group) is 1. The van der Waals surface area contributed by atoms with E-state index in [1.807, 2.05) is 7.05 Å². The molecule has 0 aliphatic carbocycles. The molecule has 0 aromatic heterocycles. The molecule has 19 heavy (non-hydrogen) atoms. The van der Waals surface area contributed by atoms with Gasteiger partial charge in [0, 0.05) is 19.1 Å². The zero-order valence-electron chi connectivity index (χ0n) is 12.6. The van der Waals surface area contributed by atoms with Crippen LogP contribution in [0.3, 0.4) is 0 Å². The standard InChI is InChI=1S/C13H27N3O3/c1-6-10(3)16(5)9-8-14-12(19)15-13(4,7-2)11(17)18/h10H,6-9H2,1-5H3,(H,17,18)(H2,14,15,19). The van der Waals surface area contributed by atoms with E-state index in [4.69, 9.17) is 5.11 Å². The van der Waals surface area contributed by atoms with E-state index in [9.17, 15) is 9.59 Å². The van der Waals surface area contributed by atoms with Crippen LogP contribution in [-0.4, -0.2) is 53.7 Å². The highest BCUT2D eigenvalue weighted by Crippen LogP contribution is 2.08. The SMILES string of the molecule is CCC(C)N(C)CCNC(=O)NC(C)(CC)C(=O)O. The van der Waals surface area contributed by atoms with E-state index in [0.29, 0.717) is 19.0 Å². The first-order chi connectivity index (χ1) is 8.76. The summed E-state index contributed by atoms with van der Waals surface area (Å²) in [6, 6.07) is 0.0223. The number of nitrogens with one attached hydrogen (secondary N) is 2. The second-order valence-corrected chi connectivity index (χ2v) is 5.11. The van der Waals surface area contributed by atoms with Gasteiger partial charge in [-0.3, -0.25) is 0 Å². The maximum atomic E-state index is 11.6. The van der Waals surface area contributed by atoms with Gasteiger partial charge in [-0.1, -0.05) is 13.8 Å². The molecule has 6 heteroatoms. The number of carboxylic acid groups (broad SMARTS) is 1. The van der Waals surface area contributed by atoms with Gasteiger partial charge in [0.25, 0.3) is 0 Å². The number of aliphatic carboxylic acids is 1. The molecule has 0 rings (SSSR count). The van der Waals surface area contributed by atoms with Crippen LogP contribution in [0.5, 0.6) is 0 Å². The van der Waals surface area contributed by atoms with Crippen molar-refractivity contribution < 1.29 is 14.7 Å². The Balaban J connectivity index is 4.10. The molecule has 0 aliphatic rings. The van der Waals surface area contributed by atoms with Gasteiger partial charge in [0.15, 0.2) is 0 Å². The Morgan fingerprint density at radius 1 is 1.37 bits per heavy atom. The summed E-state index contributed by atoms with van der Waals surface area (Å²) in [4.78, 5) is 24.8. The van der Waals surface area contributed by atoms with Crippen LogP contribution in [0.1, 0.15) is 40.5 Å². The molecule has 0 saturated carbocycles. The molecular weight excluding hydrogens is 246 g/mol. The molecule has 0 aromatic rings. The number of hydrogen-bond donors (Lipinski definition) is 3. The average Bonchev–Trinajstić information content (AvgIpc) is 2.36. The first-order valence-electron chi connectivity index (χ1n) is 6.76. The minimum atomic E-state index is -1.22. The number of carbonyl (C=O) groups is 2. The van der Waals surface area contributed by atoms with Crippen molar-refractivity contribution in [2.24, 2.45) is 0 Å². The largest absolute Gasteiger partial charge is 0.480 e. The van der Waals surface area contributed by atoms with Crippen molar-refractivity contribution in [1.29, 1.82) is 0 Å². The third kappa shape index (κ3) is 5.92. The number of rotatable bonds is 8. The van der Waals surface area contributed by atoms with Crippen molar-refractivity contribution in [2.75, 3.05) is 20.1 Å². The van der Waals surface area contributed by atoms with Gasteiger partial charge in [0.05, 0.1) is 0 Å². The summed E-state index contributed by atoms with van der Waals surface area (Å²) in [6.07, 6.45) is 1.39. The Kier molecular flexibility index (Phi) is 7.44. The highest BCUT2D eigenvalue weighted by molar-refractivity contribution is 5.85. The summed E-state index contributed by atoms with van der Waals surface area (Å²) in [7, 11) is 2.00. The van der Waals surface area contributed by atoms with Crippen molar-refractivity contribution in [2.45, 2.75) is 52.1 Å². The number of urea groups is 1. The molecule has 0 fully saturated rings. The number of nitrogens with zero attached hydrogens (tertiary/aromatic N) is 1. The van der Waals surface area contributed by atoms with E-state index < -0.39 is 17.5 Å². The minimum absolute atomic E-state index is 0.336. The highest BCUT2D eigenvalue weighted by Gasteiger charge is 2.32. The second kappa shape index (κ2) is 7.99. The van der Waals surface area contributed by atoms with Gasteiger partial charge >= 0.3 is 12.0 Å². The van der Waals surface area contributed by atoms with Gasteiger partial charge in [0.1, 0.15) is 5.54 Å². The third-order valence-corrected chi connectivity index (χ3v) is 3.66. The second-order valence-electron chi connectivity index (χ2n) is 5.11. The maximum Gasteiger partial charge on any atom is 0.329 e. The van der Waals surface area contributed by atoms with Crippen LogP contribution in [0.4, 0.5) is 4.79 Å².